The summed E-state index contributed by atoms with van der Waals surface area (Å²) in [6.45, 7) is 3.06. The molecule has 0 aromatic heterocycles. The summed E-state index contributed by atoms with van der Waals surface area (Å²) in [5, 5.41) is 0. The molecule has 10 heteroatoms. The van der Waals surface area contributed by atoms with Crippen molar-refractivity contribution in [2.45, 2.75) is 13.8 Å². The van der Waals surface area contributed by atoms with Gasteiger partial charge in [-0.05, 0) is 83.5 Å². The van der Waals surface area contributed by atoms with E-state index in [-0.39, 0.29) is 5.78 Å². The molecule has 0 saturated carbocycles. The Kier molecular flexibility index (Phi) is 32.9. The molecule has 0 aromatic rings. The second-order valence-electron chi connectivity index (χ2n) is 1.59. The van der Waals surface area contributed by atoms with Crippen molar-refractivity contribution in [2.75, 3.05) is 0 Å². The molecule has 0 aliphatic rings. The fourth-order valence-electron chi connectivity index (χ4n) is 0. The molecule has 0 aliphatic heterocycles. The number of carbonyl (C=O) groups excluding carboxylic acids is 4. The molecule has 4 nitrogen and oxygen atoms in total. The van der Waals surface area contributed by atoms with Crippen LogP contribution in [0.25, 0.3) is 0 Å². The van der Waals surface area contributed by atoms with E-state index < -0.39 is 14.1 Å². The number of rotatable bonds is 0. The van der Waals surface area contributed by atoms with Crippen molar-refractivity contribution in [3.63, 3.8) is 0 Å². The van der Waals surface area contributed by atoms with Gasteiger partial charge >= 0.3 is 14.1 Å². The van der Waals surface area contributed by atoms with Gasteiger partial charge < -0.3 is 4.79 Å². The molecular formula is C6H6Cl6O4. The maximum atomic E-state index is 9.44. The maximum Gasteiger partial charge on any atom is 0.313 e. The molecule has 0 aliphatic carbocycles. The molecule has 0 heterocycles. The number of halogens is 6. The van der Waals surface area contributed by atoms with Crippen LogP contribution in [-0.2, 0) is 4.79 Å². The van der Waals surface area contributed by atoms with E-state index in [0.717, 1.165) is 0 Å². The Labute approximate surface area is 122 Å². The van der Waals surface area contributed by atoms with Crippen LogP contribution in [0.2, 0.25) is 0 Å². The fraction of sp³-hybridized carbons (Fsp3) is 0.333. The lowest BCUT2D eigenvalue weighted by Gasteiger charge is -1.56. The van der Waals surface area contributed by atoms with E-state index >= 15 is 0 Å². The normalized spacial score (nSPS) is 6.50. The Balaban J connectivity index is -0.0000000600. The quantitative estimate of drug-likeness (QED) is 0.550. The topological polar surface area (TPSA) is 68.3 Å². The van der Waals surface area contributed by atoms with Gasteiger partial charge in [0.25, 0.3) is 0 Å². The molecule has 0 rings (SSSR count). The van der Waals surface area contributed by atoms with Crippen LogP contribution in [0.15, 0.2) is 0 Å². The summed E-state index contributed by atoms with van der Waals surface area (Å²) in [6, 6.07) is 0. The van der Waals surface area contributed by atoms with E-state index in [1.54, 1.807) is 0 Å². The number of ketones is 1. The molecule has 0 bridgehead atoms. The first-order valence-electron chi connectivity index (χ1n) is 2.95. The second-order valence-corrected chi connectivity index (χ2v) is 4.23. The zero-order chi connectivity index (χ0) is 14.3. The first-order valence-corrected chi connectivity index (χ1v) is 5.22. The molecule has 0 aromatic carbocycles. The summed E-state index contributed by atoms with van der Waals surface area (Å²) < 4.78 is -2.67. The Morgan fingerprint density at radius 3 is 0.562 bits per heavy atom. The van der Waals surface area contributed by atoms with Crippen molar-refractivity contribution in [3.8, 4) is 0 Å². The summed E-state index contributed by atoms with van der Waals surface area (Å²) in [6.07, 6.45) is 0. The molecule has 16 heavy (non-hydrogen) atoms. The summed E-state index contributed by atoms with van der Waals surface area (Å²) in [5.74, 6) is 0.167. The highest BCUT2D eigenvalue weighted by molar-refractivity contribution is 6.94. The summed E-state index contributed by atoms with van der Waals surface area (Å²) >= 11 is 26.4. The van der Waals surface area contributed by atoms with Crippen molar-refractivity contribution in [2.24, 2.45) is 0 Å². The SMILES string of the molecule is CC(C)=O.O=C(Cl)Cl.O=C(Cl)Cl.O=C(Cl)Cl. The first kappa shape index (κ1) is 25.3. The van der Waals surface area contributed by atoms with Gasteiger partial charge in [0.05, 0.1) is 0 Å². The predicted octanol–water partition coefficient (Wildman–Crippen LogP) is 5.35. The van der Waals surface area contributed by atoms with Crippen LogP contribution in [0.1, 0.15) is 13.8 Å². The molecule has 0 fully saturated rings. The molecule has 96 valence electrons. The zero-order valence-electron chi connectivity index (χ0n) is 7.90. The highest BCUT2D eigenvalue weighted by Crippen LogP contribution is 1.84. The molecule has 0 spiro atoms. The van der Waals surface area contributed by atoms with Gasteiger partial charge in [-0.1, -0.05) is 0 Å². The van der Waals surface area contributed by atoms with Crippen LogP contribution in [-0.4, -0.2) is 19.9 Å². The third-order valence-electron chi connectivity index (χ3n) is 0. The van der Waals surface area contributed by atoms with Gasteiger partial charge in [0.2, 0.25) is 0 Å². The minimum absolute atomic E-state index is 0.167. The van der Waals surface area contributed by atoms with Gasteiger partial charge in [-0.15, -0.1) is 0 Å². The van der Waals surface area contributed by atoms with Gasteiger partial charge in [0.15, 0.2) is 0 Å². The van der Waals surface area contributed by atoms with E-state index in [1.807, 2.05) is 0 Å². The lowest BCUT2D eigenvalue weighted by atomic mass is 10.6. The third kappa shape index (κ3) is 14700. The van der Waals surface area contributed by atoms with Crippen molar-refractivity contribution in [1.29, 1.82) is 0 Å². The van der Waals surface area contributed by atoms with Crippen LogP contribution in [0.3, 0.4) is 0 Å². The monoisotopic (exact) mass is 352 g/mol. The second kappa shape index (κ2) is 20.8. The van der Waals surface area contributed by atoms with Gasteiger partial charge in [-0.2, -0.15) is 0 Å². The zero-order valence-corrected chi connectivity index (χ0v) is 12.4. The summed E-state index contributed by atoms with van der Waals surface area (Å²) in [7, 11) is 0. The van der Waals surface area contributed by atoms with Crippen LogP contribution in [0.5, 0.6) is 0 Å². The number of carbonyl (C=O) groups is 4. The summed E-state index contributed by atoms with van der Waals surface area (Å²) in [4.78, 5) is 36.4. The molecule has 0 N–H and O–H groups in total. The van der Waals surface area contributed by atoms with E-state index in [9.17, 15) is 4.79 Å². The lowest BCUT2D eigenvalue weighted by molar-refractivity contribution is -0.114. The minimum atomic E-state index is -0.889. The summed E-state index contributed by atoms with van der Waals surface area (Å²) in [5.41, 5.74) is 0. The van der Waals surface area contributed by atoms with Gasteiger partial charge in [0, 0.05) is 0 Å². The molecule has 0 radical (unpaired) electrons. The fourth-order valence-corrected chi connectivity index (χ4v) is 0. The number of Topliss-reactive ketones (excluding diaryl/α,β-unsaturated/α-hetero) is 1. The van der Waals surface area contributed by atoms with E-state index in [4.69, 9.17) is 14.4 Å². The van der Waals surface area contributed by atoms with Crippen LogP contribution in [0, 0.1) is 0 Å². The molecular weight excluding hydrogens is 349 g/mol. The molecule has 0 atom stereocenters. The average molecular weight is 355 g/mol. The molecule has 0 unspecified atom stereocenters. The maximum absolute atomic E-state index is 9.44. The lowest BCUT2D eigenvalue weighted by Crippen LogP contribution is -1.69. The van der Waals surface area contributed by atoms with Crippen molar-refractivity contribution < 1.29 is 19.2 Å². The van der Waals surface area contributed by atoms with E-state index in [0.29, 0.717) is 0 Å². The highest BCUT2D eigenvalue weighted by atomic mass is 35.5. The Hall–Kier alpha value is 0.420. The standard InChI is InChI=1S/C3H6O.3CCl2O/c1-3(2)4;3*2-1(3)4/h1-2H3;;;. The van der Waals surface area contributed by atoms with Crippen molar-refractivity contribution >= 4 is 89.5 Å². The van der Waals surface area contributed by atoms with E-state index in [1.165, 1.54) is 13.8 Å². The van der Waals surface area contributed by atoms with E-state index in [2.05, 4.69) is 69.6 Å². The van der Waals surface area contributed by atoms with Crippen LogP contribution < -0.4 is 0 Å². The van der Waals surface area contributed by atoms with Gasteiger partial charge in [0.1, 0.15) is 5.78 Å². The average Bonchev–Trinajstić information content (AvgIpc) is 1.76. The van der Waals surface area contributed by atoms with Crippen LogP contribution in [0.4, 0.5) is 14.4 Å². The third-order valence-corrected chi connectivity index (χ3v) is 0. The van der Waals surface area contributed by atoms with Gasteiger partial charge in [-0.3, -0.25) is 14.4 Å². The number of hydrogen-bond acceptors (Lipinski definition) is 4. The Bertz CT molecular complexity index is 165. The largest absolute Gasteiger partial charge is 0.313 e. The highest BCUT2D eigenvalue weighted by Gasteiger charge is 1.72. The van der Waals surface area contributed by atoms with Crippen molar-refractivity contribution in [3.05, 3.63) is 0 Å². The minimum Gasteiger partial charge on any atom is -0.300 e. The Morgan fingerprint density at radius 2 is 0.562 bits per heavy atom. The predicted molar refractivity (Wildman–Crippen MR) is 67.7 cm³/mol. The smallest absolute Gasteiger partial charge is 0.300 e. The molecule has 0 saturated heterocycles. The molecule has 0 amide bonds. The first-order chi connectivity index (χ1) is 6.93. The number of hydrogen-bond donors (Lipinski definition) is 0. The van der Waals surface area contributed by atoms with Crippen LogP contribution >= 0.6 is 69.6 Å². The van der Waals surface area contributed by atoms with Gasteiger partial charge in [-0.25, -0.2) is 0 Å². The van der Waals surface area contributed by atoms with Crippen molar-refractivity contribution in [1.82, 2.24) is 0 Å². The Morgan fingerprint density at radius 1 is 0.562 bits per heavy atom.